The molecule has 19 heavy (non-hydrogen) atoms. The molecule has 0 aliphatic rings. The van der Waals surface area contributed by atoms with Gasteiger partial charge >= 0.3 is 6.18 Å². The second-order valence-electron chi connectivity index (χ2n) is 4.26. The van der Waals surface area contributed by atoms with Crippen molar-refractivity contribution in [2.24, 2.45) is 4.99 Å². The summed E-state index contributed by atoms with van der Waals surface area (Å²) in [5.74, 6) is 0. The van der Waals surface area contributed by atoms with Crippen LogP contribution in [0.3, 0.4) is 0 Å². The van der Waals surface area contributed by atoms with Crippen molar-refractivity contribution in [1.29, 1.82) is 0 Å². The molecule has 0 amide bonds. The highest BCUT2D eigenvalue weighted by Crippen LogP contribution is 2.33. The first-order chi connectivity index (χ1) is 8.91. The SMILES string of the molecule is CCC=Nc1c(CBr)cc(CC)cc1CC(F)(F)F. The molecule has 0 saturated heterocycles. The van der Waals surface area contributed by atoms with Crippen molar-refractivity contribution in [2.45, 2.75) is 44.6 Å². The Hall–Kier alpha value is -0.840. The minimum atomic E-state index is -4.22. The minimum absolute atomic E-state index is 0.256. The highest BCUT2D eigenvalue weighted by Gasteiger charge is 2.29. The van der Waals surface area contributed by atoms with Crippen molar-refractivity contribution in [2.75, 3.05) is 0 Å². The Kier molecular flexibility index (Phi) is 6.04. The van der Waals surface area contributed by atoms with Crippen LogP contribution >= 0.6 is 15.9 Å². The molecule has 0 unspecified atom stereocenters. The average Bonchev–Trinajstić information content (AvgIpc) is 2.34. The molecule has 0 radical (unpaired) electrons. The molecule has 0 atom stereocenters. The number of benzene rings is 1. The lowest BCUT2D eigenvalue weighted by Gasteiger charge is -2.14. The van der Waals surface area contributed by atoms with Crippen molar-refractivity contribution in [3.05, 3.63) is 28.8 Å². The lowest BCUT2D eigenvalue weighted by molar-refractivity contribution is -0.127. The van der Waals surface area contributed by atoms with E-state index in [0.29, 0.717) is 23.9 Å². The molecule has 0 heterocycles. The van der Waals surface area contributed by atoms with Crippen LogP contribution in [0.25, 0.3) is 0 Å². The Labute approximate surface area is 120 Å². The molecule has 106 valence electrons. The predicted molar refractivity (Wildman–Crippen MR) is 76.7 cm³/mol. The Balaban J connectivity index is 3.32. The number of rotatable bonds is 5. The van der Waals surface area contributed by atoms with Gasteiger partial charge in [-0.2, -0.15) is 13.2 Å². The Morgan fingerprint density at radius 1 is 1.21 bits per heavy atom. The topological polar surface area (TPSA) is 12.4 Å². The van der Waals surface area contributed by atoms with E-state index in [-0.39, 0.29) is 5.56 Å². The average molecular weight is 336 g/mol. The van der Waals surface area contributed by atoms with Crippen LogP contribution in [0.4, 0.5) is 18.9 Å². The van der Waals surface area contributed by atoms with E-state index < -0.39 is 12.6 Å². The Morgan fingerprint density at radius 3 is 2.32 bits per heavy atom. The van der Waals surface area contributed by atoms with Crippen molar-refractivity contribution in [3.8, 4) is 0 Å². The number of aliphatic imine (C=N–C) groups is 1. The van der Waals surface area contributed by atoms with Crippen LogP contribution in [0, 0.1) is 0 Å². The van der Waals surface area contributed by atoms with Crippen molar-refractivity contribution in [3.63, 3.8) is 0 Å². The van der Waals surface area contributed by atoms with Gasteiger partial charge in [-0.25, -0.2) is 0 Å². The molecule has 1 aromatic rings. The third-order valence-corrected chi connectivity index (χ3v) is 3.28. The van der Waals surface area contributed by atoms with E-state index >= 15 is 0 Å². The van der Waals surface area contributed by atoms with Gasteiger partial charge in [-0.15, -0.1) is 0 Å². The van der Waals surface area contributed by atoms with Gasteiger partial charge in [-0.05, 0) is 29.5 Å². The standard InChI is InChI=1S/C14H17BrF3N/c1-3-5-19-13-11(8-14(16,17)18)6-10(4-2)7-12(13)9-15/h5-7H,3-4,8-9H2,1-2H3. The largest absolute Gasteiger partial charge is 0.393 e. The summed E-state index contributed by atoms with van der Waals surface area (Å²) in [6.07, 6.45) is -2.10. The number of alkyl halides is 4. The quantitative estimate of drug-likeness (QED) is 0.507. The van der Waals surface area contributed by atoms with E-state index in [1.165, 1.54) is 0 Å². The molecule has 0 aliphatic heterocycles. The molecule has 1 rings (SSSR count). The van der Waals surface area contributed by atoms with Crippen LogP contribution < -0.4 is 0 Å². The molecule has 0 aliphatic carbocycles. The van der Waals surface area contributed by atoms with Crippen molar-refractivity contribution >= 4 is 27.8 Å². The molecule has 0 spiro atoms. The van der Waals surface area contributed by atoms with E-state index in [4.69, 9.17) is 0 Å². The summed E-state index contributed by atoms with van der Waals surface area (Å²) in [6.45, 7) is 3.83. The van der Waals surface area contributed by atoms with Gasteiger partial charge in [0.15, 0.2) is 0 Å². The number of aryl methyl sites for hydroxylation is 1. The fourth-order valence-corrected chi connectivity index (χ4v) is 2.26. The lowest BCUT2D eigenvalue weighted by atomic mass is 9.99. The first kappa shape index (κ1) is 16.2. The van der Waals surface area contributed by atoms with Gasteiger partial charge < -0.3 is 0 Å². The number of hydrogen-bond acceptors (Lipinski definition) is 1. The summed E-state index contributed by atoms with van der Waals surface area (Å²) in [5, 5.41) is 0.502. The number of halogens is 4. The van der Waals surface area contributed by atoms with Crippen LogP contribution in [-0.2, 0) is 18.2 Å². The summed E-state index contributed by atoms with van der Waals surface area (Å²) in [5.41, 5.74) is 2.42. The van der Waals surface area contributed by atoms with Gasteiger partial charge in [0.2, 0.25) is 0 Å². The van der Waals surface area contributed by atoms with E-state index in [9.17, 15) is 13.2 Å². The van der Waals surface area contributed by atoms with Crippen LogP contribution in [0.1, 0.15) is 37.0 Å². The van der Waals surface area contributed by atoms with Crippen LogP contribution in [0.5, 0.6) is 0 Å². The third kappa shape index (κ3) is 4.97. The minimum Gasteiger partial charge on any atom is -0.261 e. The first-order valence-electron chi connectivity index (χ1n) is 6.21. The Bertz CT molecular complexity index is 453. The first-order valence-corrected chi connectivity index (χ1v) is 7.33. The maximum absolute atomic E-state index is 12.7. The number of nitrogens with zero attached hydrogens (tertiary/aromatic N) is 1. The molecule has 0 N–H and O–H groups in total. The molecule has 0 bridgehead atoms. The highest BCUT2D eigenvalue weighted by molar-refractivity contribution is 9.08. The molecule has 5 heteroatoms. The van der Waals surface area contributed by atoms with Gasteiger partial charge in [-0.1, -0.05) is 41.9 Å². The normalized spacial score (nSPS) is 12.3. The molecule has 0 fully saturated rings. The molecular weight excluding hydrogens is 319 g/mol. The van der Waals surface area contributed by atoms with Gasteiger partial charge in [-0.3, -0.25) is 4.99 Å². The fraction of sp³-hybridized carbons (Fsp3) is 0.500. The van der Waals surface area contributed by atoms with Gasteiger partial charge in [0.05, 0.1) is 12.1 Å². The molecule has 1 aromatic carbocycles. The molecule has 1 nitrogen and oxygen atoms in total. The fourth-order valence-electron chi connectivity index (χ4n) is 1.84. The zero-order valence-corrected chi connectivity index (χ0v) is 12.6. The zero-order valence-electron chi connectivity index (χ0n) is 11.0. The van der Waals surface area contributed by atoms with Crippen LogP contribution in [0.2, 0.25) is 0 Å². The van der Waals surface area contributed by atoms with Crippen LogP contribution in [0.15, 0.2) is 17.1 Å². The maximum atomic E-state index is 12.7. The van der Waals surface area contributed by atoms with Gasteiger partial charge in [0, 0.05) is 11.5 Å². The molecule has 0 aromatic heterocycles. The smallest absolute Gasteiger partial charge is 0.261 e. The summed E-state index contributed by atoms with van der Waals surface area (Å²) < 4.78 is 38.0. The van der Waals surface area contributed by atoms with E-state index in [1.54, 1.807) is 12.3 Å². The molecular formula is C14H17BrF3N. The zero-order chi connectivity index (χ0) is 14.5. The predicted octanol–water partition coefficient (Wildman–Crippen LogP) is 5.36. The lowest BCUT2D eigenvalue weighted by Crippen LogP contribution is -2.12. The monoisotopic (exact) mass is 335 g/mol. The van der Waals surface area contributed by atoms with E-state index in [0.717, 1.165) is 11.1 Å². The highest BCUT2D eigenvalue weighted by atomic mass is 79.9. The molecule has 0 saturated carbocycles. The van der Waals surface area contributed by atoms with Crippen molar-refractivity contribution < 1.29 is 13.2 Å². The number of hydrogen-bond donors (Lipinski definition) is 0. The van der Waals surface area contributed by atoms with Gasteiger partial charge in [0.25, 0.3) is 0 Å². The van der Waals surface area contributed by atoms with Crippen LogP contribution in [-0.4, -0.2) is 12.4 Å². The summed E-state index contributed by atoms with van der Waals surface area (Å²) in [7, 11) is 0. The van der Waals surface area contributed by atoms with Gasteiger partial charge in [0.1, 0.15) is 0 Å². The van der Waals surface area contributed by atoms with Crippen molar-refractivity contribution in [1.82, 2.24) is 0 Å². The second kappa shape index (κ2) is 7.08. The second-order valence-corrected chi connectivity index (χ2v) is 4.82. The maximum Gasteiger partial charge on any atom is 0.393 e. The summed E-state index contributed by atoms with van der Waals surface area (Å²) in [4.78, 5) is 4.20. The Morgan fingerprint density at radius 2 is 1.84 bits per heavy atom. The third-order valence-electron chi connectivity index (χ3n) is 2.67. The summed E-state index contributed by atoms with van der Waals surface area (Å²) >= 11 is 3.32. The van der Waals surface area contributed by atoms with E-state index in [1.807, 2.05) is 19.9 Å². The van der Waals surface area contributed by atoms with E-state index in [2.05, 4.69) is 20.9 Å². The summed E-state index contributed by atoms with van der Waals surface area (Å²) in [6, 6.07) is 3.53.